The Morgan fingerprint density at radius 1 is 1.47 bits per heavy atom. The van der Waals surface area contributed by atoms with Crippen LogP contribution in [0.5, 0.6) is 0 Å². The summed E-state index contributed by atoms with van der Waals surface area (Å²) < 4.78 is 38.6. The Bertz CT molecular complexity index is 205. The van der Waals surface area contributed by atoms with Gasteiger partial charge in [0, 0.05) is 12.1 Å². The number of nitrogens with zero attached hydrogens (tertiary/aromatic N) is 1. The summed E-state index contributed by atoms with van der Waals surface area (Å²) in [5, 5.41) is 0. The highest BCUT2D eigenvalue weighted by Gasteiger charge is 2.48. The molecule has 0 bridgehead atoms. The van der Waals surface area contributed by atoms with Crippen molar-refractivity contribution in [3.63, 3.8) is 0 Å². The Balaban J connectivity index is 2.80. The highest BCUT2D eigenvalue weighted by molar-refractivity contribution is 4.92. The minimum absolute atomic E-state index is 0.00535. The third kappa shape index (κ3) is 2.84. The van der Waals surface area contributed by atoms with Gasteiger partial charge in [-0.25, -0.2) is 0 Å². The van der Waals surface area contributed by atoms with Crippen molar-refractivity contribution >= 4 is 0 Å². The quantitative estimate of drug-likeness (QED) is 0.795. The zero-order valence-corrected chi connectivity index (χ0v) is 9.22. The molecule has 1 rings (SSSR count). The number of rotatable bonds is 3. The predicted octanol–water partition coefficient (Wildman–Crippen LogP) is 2.14. The van der Waals surface area contributed by atoms with Crippen molar-refractivity contribution in [1.29, 1.82) is 0 Å². The fourth-order valence-electron chi connectivity index (χ4n) is 2.27. The number of halogens is 3. The zero-order valence-electron chi connectivity index (χ0n) is 9.22. The normalized spacial score (nSPS) is 28.0. The summed E-state index contributed by atoms with van der Waals surface area (Å²) in [4.78, 5) is 1.51. The van der Waals surface area contributed by atoms with E-state index in [2.05, 4.69) is 0 Å². The molecule has 1 aliphatic heterocycles. The Morgan fingerprint density at radius 2 is 2.07 bits per heavy atom. The molecule has 1 aliphatic rings. The highest BCUT2D eigenvalue weighted by Crippen LogP contribution is 2.32. The van der Waals surface area contributed by atoms with Crippen LogP contribution in [0.3, 0.4) is 0 Å². The summed E-state index contributed by atoms with van der Waals surface area (Å²) in [7, 11) is 0. The first-order valence-corrected chi connectivity index (χ1v) is 5.46. The molecule has 90 valence electrons. The van der Waals surface area contributed by atoms with E-state index in [4.69, 9.17) is 5.73 Å². The standard InChI is InChI=1S/C10H19F3N2/c1-3-8(14)9(10(11,12)13)15-6-4-5-7(15)2/h7-9H,3-6,14H2,1-2H3. The Labute approximate surface area is 88.6 Å². The lowest BCUT2D eigenvalue weighted by atomic mass is 10.0. The smallest absolute Gasteiger partial charge is 0.326 e. The van der Waals surface area contributed by atoms with Gasteiger partial charge < -0.3 is 5.73 Å². The van der Waals surface area contributed by atoms with E-state index >= 15 is 0 Å². The molecule has 0 aromatic heterocycles. The van der Waals surface area contributed by atoms with Gasteiger partial charge in [-0.15, -0.1) is 0 Å². The van der Waals surface area contributed by atoms with Gasteiger partial charge >= 0.3 is 6.18 Å². The molecular weight excluding hydrogens is 205 g/mol. The van der Waals surface area contributed by atoms with E-state index in [1.807, 2.05) is 6.92 Å². The summed E-state index contributed by atoms with van der Waals surface area (Å²) in [6, 6.07) is -2.29. The number of likely N-dealkylation sites (tertiary alicyclic amines) is 1. The Kier molecular flexibility index (Phi) is 4.00. The van der Waals surface area contributed by atoms with Gasteiger partial charge in [0.2, 0.25) is 0 Å². The van der Waals surface area contributed by atoms with Gasteiger partial charge in [0.25, 0.3) is 0 Å². The molecule has 15 heavy (non-hydrogen) atoms. The van der Waals surface area contributed by atoms with E-state index < -0.39 is 18.3 Å². The summed E-state index contributed by atoms with van der Waals surface area (Å²) >= 11 is 0. The molecule has 5 heteroatoms. The Hall–Kier alpha value is -0.290. The van der Waals surface area contributed by atoms with Crippen molar-refractivity contribution in [3.8, 4) is 0 Å². The first-order chi connectivity index (χ1) is 6.88. The van der Waals surface area contributed by atoms with E-state index in [-0.39, 0.29) is 6.04 Å². The number of alkyl halides is 3. The summed E-state index contributed by atoms with van der Waals surface area (Å²) in [5.74, 6) is 0. The minimum Gasteiger partial charge on any atom is -0.326 e. The van der Waals surface area contributed by atoms with Gasteiger partial charge in [-0.3, -0.25) is 4.90 Å². The molecule has 0 aliphatic carbocycles. The van der Waals surface area contributed by atoms with Crippen molar-refractivity contribution < 1.29 is 13.2 Å². The molecule has 3 unspecified atom stereocenters. The molecule has 1 heterocycles. The summed E-state index contributed by atoms with van der Waals surface area (Å²) in [6.07, 6.45) is -2.19. The molecule has 0 spiro atoms. The van der Waals surface area contributed by atoms with Crippen LogP contribution in [0.1, 0.15) is 33.1 Å². The fraction of sp³-hybridized carbons (Fsp3) is 1.00. The SMILES string of the molecule is CCC(N)C(N1CCCC1C)C(F)(F)F. The third-order valence-corrected chi connectivity index (χ3v) is 3.17. The lowest BCUT2D eigenvalue weighted by Gasteiger charge is -2.36. The highest BCUT2D eigenvalue weighted by atomic mass is 19.4. The van der Waals surface area contributed by atoms with Crippen LogP contribution in [-0.2, 0) is 0 Å². The second-order valence-electron chi connectivity index (χ2n) is 4.29. The maximum Gasteiger partial charge on any atom is 0.405 e. The molecule has 0 amide bonds. The van der Waals surface area contributed by atoms with Crippen LogP contribution < -0.4 is 5.73 Å². The van der Waals surface area contributed by atoms with E-state index in [1.165, 1.54) is 4.90 Å². The van der Waals surface area contributed by atoms with Crippen LogP contribution in [0.25, 0.3) is 0 Å². The summed E-state index contributed by atoms with van der Waals surface area (Å²) in [6.45, 7) is 4.05. The van der Waals surface area contributed by atoms with Gasteiger partial charge in [0.1, 0.15) is 6.04 Å². The van der Waals surface area contributed by atoms with Crippen LogP contribution in [0, 0.1) is 0 Å². The van der Waals surface area contributed by atoms with Crippen LogP contribution in [0.2, 0.25) is 0 Å². The van der Waals surface area contributed by atoms with Gasteiger partial charge in [0.15, 0.2) is 0 Å². The molecule has 0 radical (unpaired) electrons. The van der Waals surface area contributed by atoms with Gasteiger partial charge in [-0.2, -0.15) is 13.2 Å². The van der Waals surface area contributed by atoms with Crippen molar-refractivity contribution in [3.05, 3.63) is 0 Å². The van der Waals surface area contributed by atoms with E-state index in [0.29, 0.717) is 13.0 Å². The van der Waals surface area contributed by atoms with Crippen LogP contribution in [-0.4, -0.2) is 35.7 Å². The minimum atomic E-state index is -4.21. The molecule has 1 saturated heterocycles. The lowest BCUT2D eigenvalue weighted by Crippen LogP contribution is -2.56. The van der Waals surface area contributed by atoms with Crippen molar-refractivity contribution in [1.82, 2.24) is 4.90 Å². The fourth-order valence-corrected chi connectivity index (χ4v) is 2.27. The largest absolute Gasteiger partial charge is 0.405 e. The third-order valence-electron chi connectivity index (χ3n) is 3.17. The van der Waals surface area contributed by atoms with Crippen molar-refractivity contribution in [2.24, 2.45) is 5.73 Å². The molecule has 3 atom stereocenters. The van der Waals surface area contributed by atoms with E-state index in [0.717, 1.165) is 12.8 Å². The van der Waals surface area contributed by atoms with E-state index in [1.54, 1.807) is 6.92 Å². The maximum atomic E-state index is 12.9. The van der Waals surface area contributed by atoms with Crippen LogP contribution in [0.15, 0.2) is 0 Å². The van der Waals surface area contributed by atoms with Crippen LogP contribution >= 0.6 is 0 Å². The molecule has 2 N–H and O–H groups in total. The van der Waals surface area contributed by atoms with Crippen molar-refractivity contribution in [2.75, 3.05) is 6.54 Å². The molecule has 0 aromatic carbocycles. The van der Waals surface area contributed by atoms with Crippen molar-refractivity contribution in [2.45, 2.75) is 57.4 Å². The number of nitrogens with two attached hydrogens (primary N) is 1. The first-order valence-electron chi connectivity index (χ1n) is 5.46. The molecular formula is C10H19F3N2. The molecule has 1 fully saturated rings. The van der Waals surface area contributed by atoms with Gasteiger partial charge in [0.05, 0.1) is 0 Å². The topological polar surface area (TPSA) is 29.3 Å². The number of hydrogen-bond acceptors (Lipinski definition) is 2. The van der Waals surface area contributed by atoms with Gasteiger partial charge in [-0.05, 0) is 32.7 Å². The predicted molar refractivity (Wildman–Crippen MR) is 53.5 cm³/mol. The van der Waals surface area contributed by atoms with Gasteiger partial charge in [-0.1, -0.05) is 6.92 Å². The average Bonchev–Trinajstić information content (AvgIpc) is 2.50. The second kappa shape index (κ2) is 4.70. The Morgan fingerprint density at radius 3 is 2.40 bits per heavy atom. The molecule has 0 aromatic rings. The first kappa shape index (κ1) is 12.8. The zero-order chi connectivity index (χ0) is 11.6. The maximum absolute atomic E-state index is 12.9. The number of hydrogen-bond donors (Lipinski definition) is 1. The second-order valence-corrected chi connectivity index (χ2v) is 4.29. The lowest BCUT2D eigenvalue weighted by molar-refractivity contribution is -0.191. The monoisotopic (exact) mass is 224 g/mol. The average molecular weight is 224 g/mol. The van der Waals surface area contributed by atoms with Crippen LogP contribution in [0.4, 0.5) is 13.2 Å². The summed E-state index contributed by atoms with van der Waals surface area (Å²) in [5.41, 5.74) is 5.58. The molecule has 0 saturated carbocycles. The molecule has 2 nitrogen and oxygen atoms in total. The van der Waals surface area contributed by atoms with E-state index in [9.17, 15) is 13.2 Å².